The van der Waals surface area contributed by atoms with Crippen molar-refractivity contribution in [1.29, 1.82) is 0 Å². The highest BCUT2D eigenvalue weighted by molar-refractivity contribution is 6.35. The maximum atomic E-state index is 12.8. The van der Waals surface area contributed by atoms with E-state index in [0.29, 0.717) is 21.4 Å². The van der Waals surface area contributed by atoms with E-state index in [1.165, 1.54) is 0 Å². The molecule has 9 heteroatoms. The molecule has 0 saturated heterocycles. The zero-order valence-electron chi connectivity index (χ0n) is 16.3. The van der Waals surface area contributed by atoms with Gasteiger partial charge in [-0.1, -0.05) is 40.5 Å². The Morgan fingerprint density at radius 3 is 2.63 bits per heavy atom. The predicted molar refractivity (Wildman–Crippen MR) is 117 cm³/mol. The topological polar surface area (TPSA) is 77.6 Å². The average Bonchev–Trinajstić information content (AvgIpc) is 3.33. The second-order valence-electron chi connectivity index (χ2n) is 6.75. The molecule has 30 heavy (non-hydrogen) atoms. The van der Waals surface area contributed by atoms with Gasteiger partial charge >= 0.3 is 0 Å². The SMILES string of the molecule is Cc1nn(-c2ccc(Cl)cc2Cl)c(C)c1CC(=O)Nc1ccccc1-n1ccnn1. The summed E-state index contributed by atoms with van der Waals surface area (Å²) in [6, 6.07) is 12.7. The lowest BCUT2D eigenvalue weighted by Gasteiger charge is -2.11. The van der Waals surface area contributed by atoms with Gasteiger partial charge in [-0.25, -0.2) is 9.36 Å². The quantitative estimate of drug-likeness (QED) is 0.493. The molecule has 0 saturated carbocycles. The monoisotopic (exact) mass is 440 g/mol. The Kier molecular flexibility index (Phi) is 5.57. The van der Waals surface area contributed by atoms with E-state index < -0.39 is 0 Å². The van der Waals surface area contributed by atoms with E-state index in [1.54, 1.807) is 33.9 Å². The molecule has 152 valence electrons. The lowest BCUT2D eigenvalue weighted by Crippen LogP contribution is -2.17. The average molecular weight is 441 g/mol. The number of nitrogens with zero attached hydrogens (tertiary/aromatic N) is 5. The molecule has 0 radical (unpaired) electrons. The first-order valence-corrected chi connectivity index (χ1v) is 9.95. The number of carbonyl (C=O) groups is 1. The number of nitrogens with one attached hydrogen (secondary N) is 1. The molecule has 1 amide bonds. The number of aryl methyl sites for hydroxylation is 1. The summed E-state index contributed by atoms with van der Waals surface area (Å²) >= 11 is 12.3. The van der Waals surface area contributed by atoms with Gasteiger partial charge < -0.3 is 5.32 Å². The van der Waals surface area contributed by atoms with E-state index in [1.807, 2.05) is 44.2 Å². The van der Waals surface area contributed by atoms with Gasteiger partial charge in [0.25, 0.3) is 0 Å². The van der Waals surface area contributed by atoms with Crippen LogP contribution in [0.4, 0.5) is 5.69 Å². The highest BCUT2D eigenvalue weighted by atomic mass is 35.5. The van der Waals surface area contributed by atoms with E-state index in [9.17, 15) is 4.79 Å². The fraction of sp³-hybridized carbons (Fsp3) is 0.143. The minimum atomic E-state index is -0.157. The zero-order chi connectivity index (χ0) is 21.3. The van der Waals surface area contributed by atoms with Crippen LogP contribution in [0.3, 0.4) is 0 Å². The molecule has 0 fully saturated rings. The van der Waals surface area contributed by atoms with E-state index in [4.69, 9.17) is 23.2 Å². The maximum Gasteiger partial charge on any atom is 0.228 e. The number of benzene rings is 2. The molecule has 7 nitrogen and oxygen atoms in total. The van der Waals surface area contributed by atoms with Gasteiger partial charge in [0.1, 0.15) is 0 Å². The Hall–Kier alpha value is -3.16. The zero-order valence-corrected chi connectivity index (χ0v) is 17.8. The molecule has 0 spiro atoms. The van der Waals surface area contributed by atoms with E-state index >= 15 is 0 Å². The Morgan fingerprint density at radius 1 is 1.10 bits per heavy atom. The lowest BCUT2D eigenvalue weighted by molar-refractivity contribution is -0.115. The number of halogens is 2. The number of amides is 1. The number of hydrogen-bond acceptors (Lipinski definition) is 4. The van der Waals surface area contributed by atoms with Crippen LogP contribution in [-0.4, -0.2) is 30.7 Å². The summed E-state index contributed by atoms with van der Waals surface area (Å²) in [4.78, 5) is 12.8. The number of aromatic nitrogens is 5. The fourth-order valence-electron chi connectivity index (χ4n) is 3.29. The second-order valence-corrected chi connectivity index (χ2v) is 7.59. The summed E-state index contributed by atoms with van der Waals surface area (Å²) < 4.78 is 3.34. The predicted octanol–water partition coefficient (Wildman–Crippen LogP) is 4.56. The van der Waals surface area contributed by atoms with E-state index in [0.717, 1.165) is 22.6 Å². The molecule has 2 heterocycles. The summed E-state index contributed by atoms with van der Waals surface area (Å²) in [6.07, 6.45) is 3.48. The van der Waals surface area contributed by atoms with Crippen molar-refractivity contribution in [1.82, 2.24) is 24.8 Å². The Bertz CT molecular complexity index is 1220. The molecule has 0 atom stereocenters. The summed E-state index contributed by atoms with van der Waals surface area (Å²) in [7, 11) is 0. The summed E-state index contributed by atoms with van der Waals surface area (Å²) in [5.74, 6) is -0.157. The van der Waals surface area contributed by atoms with Crippen LogP contribution >= 0.6 is 23.2 Å². The molecule has 0 aliphatic carbocycles. The summed E-state index contributed by atoms with van der Waals surface area (Å²) in [5, 5.41) is 16.4. The molecular weight excluding hydrogens is 423 g/mol. The van der Waals surface area contributed by atoms with Gasteiger partial charge in [-0.05, 0) is 44.2 Å². The first-order valence-electron chi connectivity index (χ1n) is 9.20. The standard InChI is InChI=1S/C21H18Cl2N6O/c1-13-16(14(2)29(26-13)19-8-7-15(22)11-17(19)23)12-21(30)25-18-5-3-4-6-20(18)28-10-9-24-27-28/h3-11H,12H2,1-2H3,(H,25,30). The van der Waals surface area contributed by atoms with Crippen LogP contribution in [0.1, 0.15) is 17.0 Å². The van der Waals surface area contributed by atoms with Crippen molar-refractivity contribution in [3.8, 4) is 11.4 Å². The Morgan fingerprint density at radius 2 is 1.90 bits per heavy atom. The third-order valence-electron chi connectivity index (χ3n) is 4.76. The van der Waals surface area contributed by atoms with Crippen molar-refractivity contribution in [2.45, 2.75) is 20.3 Å². The van der Waals surface area contributed by atoms with Gasteiger partial charge in [-0.15, -0.1) is 5.10 Å². The lowest BCUT2D eigenvalue weighted by atomic mass is 10.1. The summed E-state index contributed by atoms with van der Waals surface area (Å²) in [6.45, 7) is 3.79. The smallest absolute Gasteiger partial charge is 0.228 e. The van der Waals surface area contributed by atoms with Crippen LogP contribution in [0.25, 0.3) is 11.4 Å². The highest BCUT2D eigenvalue weighted by Gasteiger charge is 2.18. The molecule has 0 unspecified atom stereocenters. The first-order chi connectivity index (χ1) is 14.4. The molecular formula is C21H18Cl2N6O. The van der Waals surface area contributed by atoms with Gasteiger partial charge in [0, 0.05) is 16.3 Å². The Balaban J connectivity index is 1.59. The van der Waals surface area contributed by atoms with Crippen molar-refractivity contribution < 1.29 is 4.79 Å². The fourth-order valence-corrected chi connectivity index (χ4v) is 3.78. The van der Waals surface area contributed by atoms with Crippen LogP contribution in [0, 0.1) is 13.8 Å². The van der Waals surface area contributed by atoms with Gasteiger partial charge in [0.2, 0.25) is 5.91 Å². The minimum Gasteiger partial charge on any atom is -0.324 e. The van der Waals surface area contributed by atoms with Crippen molar-refractivity contribution >= 4 is 34.8 Å². The first kappa shape index (κ1) is 20.1. The third kappa shape index (κ3) is 3.94. The molecule has 4 rings (SSSR count). The van der Waals surface area contributed by atoms with Gasteiger partial charge in [-0.3, -0.25) is 4.79 Å². The van der Waals surface area contributed by atoms with E-state index in [-0.39, 0.29) is 12.3 Å². The molecule has 4 aromatic rings. The molecule has 0 aliphatic rings. The molecule has 1 N–H and O–H groups in total. The third-order valence-corrected chi connectivity index (χ3v) is 5.30. The minimum absolute atomic E-state index is 0.157. The molecule has 0 bridgehead atoms. The number of rotatable bonds is 5. The normalized spacial score (nSPS) is 10.9. The van der Waals surface area contributed by atoms with Crippen LogP contribution in [-0.2, 0) is 11.2 Å². The number of anilines is 1. The number of hydrogen-bond donors (Lipinski definition) is 1. The maximum absolute atomic E-state index is 12.8. The van der Waals surface area contributed by atoms with Crippen molar-refractivity contribution in [2.24, 2.45) is 0 Å². The van der Waals surface area contributed by atoms with Crippen LogP contribution in [0.5, 0.6) is 0 Å². The van der Waals surface area contributed by atoms with Crippen molar-refractivity contribution in [3.63, 3.8) is 0 Å². The molecule has 2 aromatic heterocycles. The highest BCUT2D eigenvalue weighted by Crippen LogP contribution is 2.27. The van der Waals surface area contributed by atoms with Crippen LogP contribution in [0.2, 0.25) is 10.0 Å². The van der Waals surface area contributed by atoms with E-state index in [2.05, 4.69) is 20.7 Å². The van der Waals surface area contributed by atoms with Crippen molar-refractivity contribution in [2.75, 3.05) is 5.32 Å². The van der Waals surface area contributed by atoms with Gasteiger partial charge in [-0.2, -0.15) is 5.10 Å². The van der Waals surface area contributed by atoms with Crippen LogP contribution in [0.15, 0.2) is 54.9 Å². The van der Waals surface area contributed by atoms with Crippen LogP contribution < -0.4 is 5.32 Å². The van der Waals surface area contributed by atoms with Gasteiger partial charge in [0.15, 0.2) is 0 Å². The number of carbonyl (C=O) groups excluding carboxylic acids is 1. The molecule has 0 aliphatic heterocycles. The molecule has 2 aromatic carbocycles. The second kappa shape index (κ2) is 8.30. The summed E-state index contributed by atoms with van der Waals surface area (Å²) in [5.41, 5.74) is 4.55. The Labute approximate surface area is 183 Å². The number of para-hydroxylation sites is 2. The van der Waals surface area contributed by atoms with Gasteiger partial charge in [0.05, 0.1) is 46.6 Å². The largest absolute Gasteiger partial charge is 0.324 e. The van der Waals surface area contributed by atoms with Crippen molar-refractivity contribution in [3.05, 3.63) is 81.9 Å².